The summed E-state index contributed by atoms with van der Waals surface area (Å²) in [5.41, 5.74) is 0.907. The Morgan fingerprint density at radius 1 is 1.00 bits per heavy atom. The van der Waals surface area contributed by atoms with E-state index in [1.54, 1.807) is 54.6 Å². The molecule has 3 aromatic carbocycles. The minimum Gasteiger partial charge on any atom is -0.452 e. The molecular weight excluding hydrogens is 514 g/mol. The van der Waals surface area contributed by atoms with E-state index >= 15 is 0 Å². The lowest BCUT2D eigenvalue weighted by atomic mass is 10.2. The van der Waals surface area contributed by atoms with Gasteiger partial charge in [0.2, 0.25) is 0 Å². The van der Waals surface area contributed by atoms with E-state index in [0.29, 0.717) is 16.4 Å². The maximum absolute atomic E-state index is 13.4. The van der Waals surface area contributed by atoms with Gasteiger partial charge in [-0.3, -0.25) is 9.10 Å². The maximum atomic E-state index is 13.4. The molecule has 0 atom stereocenters. The van der Waals surface area contributed by atoms with Gasteiger partial charge in [-0.05, 0) is 54.6 Å². The molecule has 1 amide bonds. The fourth-order valence-corrected chi connectivity index (χ4v) is 5.04. The molecule has 0 aliphatic heterocycles. The molecule has 0 heterocycles. The molecular formula is C27H24ClN3O5S. The first-order chi connectivity index (χ1) is 17.8. The van der Waals surface area contributed by atoms with Crippen molar-refractivity contribution in [3.63, 3.8) is 0 Å². The number of para-hydroxylation sites is 1. The normalized spacial score (nSPS) is 10.7. The summed E-state index contributed by atoms with van der Waals surface area (Å²) in [7, 11) is -4.07. The molecule has 0 aliphatic rings. The summed E-state index contributed by atoms with van der Waals surface area (Å²) in [5.74, 6) is -1.38. The van der Waals surface area contributed by atoms with Gasteiger partial charge >= 0.3 is 5.97 Å². The molecule has 3 rings (SSSR count). The molecule has 8 nitrogen and oxygen atoms in total. The number of nitriles is 1. The van der Waals surface area contributed by atoms with E-state index in [1.807, 2.05) is 6.07 Å². The fourth-order valence-electron chi connectivity index (χ4n) is 3.43. The van der Waals surface area contributed by atoms with E-state index < -0.39 is 28.5 Å². The van der Waals surface area contributed by atoms with Crippen LogP contribution >= 0.6 is 11.6 Å². The minimum atomic E-state index is -4.07. The Bertz CT molecular complexity index is 1400. The predicted octanol–water partition coefficient (Wildman–Crippen LogP) is 4.82. The third-order valence-electron chi connectivity index (χ3n) is 5.21. The molecule has 0 spiro atoms. The van der Waals surface area contributed by atoms with Crippen LogP contribution in [0.2, 0.25) is 5.02 Å². The highest BCUT2D eigenvalue weighted by atomic mass is 35.5. The molecule has 10 heteroatoms. The van der Waals surface area contributed by atoms with Crippen LogP contribution in [0.25, 0.3) is 0 Å². The van der Waals surface area contributed by atoms with Gasteiger partial charge in [-0.15, -0.1) is 6.58 Å². The monoisotopic (exact) mass is 537 g/mol. The van der Waals surface area contributed by atoms with Crippen molar-refractivity contribution in [2.45, 2.75) is 11.3 Å². The quantitative estimate of drug-likeness (QED) is 0.256. The lowest BCUT2D eigenvalue weighted by molar-refractivity contribution is -0.121. The summed E-state index contributed by atoms with van der Waals surface area (Å²) >= 11 is 5.93. The highest BCUT2D eigenvalue weighted by Crippen LogP contribution is 2.26. The first-order valence-corrected chi connectivity index (χ1v) is 13.0. The van der Waals surface area contributed by atoms with Gasteiger partial charge in [0.15, 0.2) is 6.61 Å². The van der Waals surface area contributed by atoms with E-state index in [9.17, 15) is 18.0 Å². The second-order valence-electron chi connectivity index (χ2n) is 7.69. The minimum absolute atomic E-state index is 0.00877. The number of hydrogen-bond donors (Lipinski definition) is 0. The van der Waals surface area contributed by atoms with Crippen molar-refractivity contribution < 1.29 is 22.7 Å². The molecule has 0 unspecified atom stereocenters. The van der Waals surface area contributed by atoms with Crippen molar-refractivity contribution in [3.05, 3.63) is 102 Å². The third kappa shape index (κ3) is 6.97. The first-order valence-electron chi connectivity index (χ1n) is 11.2. The maximum Gasteiger partial charge on any atom is 0.338 e. The van der Waals surface area contributed by atoms with E-state index in [2.05, 4.69) is 6.58 Å². The zero-order chi connectivity index (χ0) is 26.8. The number of anilines is 2. The fraction of sp³-hybridized carbons (Fsp3) is 0.148. The molecule has 0 aromatic heterocycles. The number of amides is 1. The Labute approximate surface area is 221 Å². The Morgan fingerprint density at radius 3 is 2.35 bits per heavy atom. The average Bonchev–Trinajstić information content (AvgIpc) is 2.91. The Balaban J connectivity index is 1.78. The second kappa shape index (κ2) is 12.7. The van der Waals surface area contributed by atoms with Crippen molar-refractivity contribution >= 4 is 44.9 Å². The zero-order valence-corrected chi connectivity index (χ0v) is 21.4. The number of carbonyl (C=O) groups is 2. The first kappa shape index (κ1) is 27.5. The van der Waals surface area contributed by atoms with Crippen LogP contribution in [0.5, 0.6) is 0 Å². The van der Waals surface area contributed by atoms with Gasteiger partial charge in [0, 0.05) is 17.3 Å². The molecule has 37 heavy (non-hydrogen) atoms. The zero-order valence-electron chi connectivity index (χ0n) is 19.8. The molecule has 3 aromatic rings. The number of sulfonamides is 1. The van der Waals surface area contributed by atoms with Crippen LogP contribution in [0, 0.1) is 11.3 Å². The summed E-state index contributed by atoms with van der Waals surface area (Å²) in [6.07, 6.45) is 1.55. The van der Waals surface area contributed by atoms with Crippen LogP contribution in [0.15, 0.2) is 96.4 Å². The number of hydrogen-bond acceptors (Lipinski definition) is 6. The molecule has 0 radical (unpaired) electrons. The lowest BCUT2D eigenvalue weighted by Crippen LogP contribution is -2.35. The Morgan fingerprint density at radius 2 is 1.70 bits per heavy atom. The van der Waals surface area contributed by atoms with Crippen LogP contribution in [0.3, 0.4) is 0 Å². The van der Waals surface area contributed by atoms with Crippen molar-refractivity contribution in [2.24, 2.45) is 0 Å². The van der Waals surface area contributed by atoms with E-state index in [1.165, 1.54) is 35.2 Å². The lowest BCUT2D eigenvalue weighted by Gasteiger charge is -2.23. The number of benzene rings is 3. The highest BCUT2D eigenvalue weighted by Gasteiger charge is 2.26. The molecule has 0 aliphatic carbocycles. The molecule has 0 saturated carbocycles. The van der Waals surface area contributed by atoms with Crippen molar-refractivity contribution in [1.82, 2.24) is 0 Å². The van der Waals surface area contributed by atoms with Gasteiger partial charge in [-0.2, -0.15) is 5.26 Å². The topological polar surface area (TPSA) is 108 Å². The summed E-state index contributed by atoms with van der Waals surface area (Å²) in [5, 5.41) is 9.38. The molecule has 0 N–H and O–H groups in total. The van der Waals surface area contributed by atoms with Gasteiger partial charge in [0.25, 0.3) is 15.9 Å². The van der Waals surface area contributed by atoms with Crippen LogP contribution in [-0.4, -0.2) is 40.0 Å². The number of nitrogens with zero attached hydrogens (tertiary/aromatic N) is 3. The summed E-state index contributed by atoms with van der Waals surface area (Å²) in [6, 6.07) is 22.4. The van der Waals surface area contributed by atoms with Crippen LogP contribution in [0.1, 0.15) is 16.8 Å². The van der Waals surface area contributed by atoms with Crippen molar-refractivity contribution in [1.29, 1.82) is 5.26 Å². The second-order valence-corrected chi connectivity index (χ2v) is 9.99. The standard InChI is InChI=1S/C27H24ClN3O5S/c1-2-17-31(24-14-12-22(28)13-15-24)37(34,35)25-11-6-8-21(19-25)27(33)36-20-26(32)30(18-7-16-29)23-9-4-3-5-10-23/h2-6,8-15,19H,1,7,17-18,20H2. The molecule has 0 fully saturated rings. The number of ether oxygens (including phenoxy) is 1. The molecule has 0 saturated heterocycles. The largest absolute Gasteiger partial charge is 0.452 e. The van der Waals surface area contributed by atoms with E-state index in [4.69, 9.17) is 21.6 Å². The van der Waals surface area contributed by atoms with Crippen LogP contribution in [-0.2, 0) is 19.6 Å². The number of carbonyl (C=O) groups excluding carboxylic acids is 2. The van der Waals surface area contributed by atoms with Gasteiger partial charge in [0.05, 0.1) is 35.2 Å². The summed E-state index contributed by atoms with van der Waals surface area (Å²) in [4.78, 5) is 26.7. The number of rotatable bonds is 11. The van der Waals surface area contributed by atoms with Gasteiger partial charge < -0.3 is 9.64 Å². The van der Waals surface area contributed by atoms with E-state index in [0.717, 1.165) is 4.31 Å². The van der Waals surface area contributed by atoms with Gasteiger partial charge in [0.1, 0.15) is 0 Å². The average molecular weight is 538 g/mol. The van der Waals surface area contributed by atoms with Crippen LogP contribution < -0.4 is 9.21 Å². The summed E-state index contributed by atoms with van der Waals surface area (Å²) in [6.45, 7) is 3.18. The number of halogens is 1. The summed E-state index contributed by atoms with van der Waals surface area (Å²) < 4.78 is 33.1. The Kier molecular flexibility index (Phi) is 9.44. The SMILES string of the molecule is C=CCN(c1ccc(Cl)cc1)S(=O)(=O)c1cccc(C(=O)OCC(=O)N(CCC#N)c2ccccc2)c1. The molecule has 190 valence electrons. The van der Waals surface area contributed by atoms with Crippen molar-refractivity contribution in [3.8, 4) is 6.07 Å². The van der Waals surface area contributed by atoms with Crippen molar-refractivity contribution in [2.75, 3.05) is 28.9 Å². The van der Waals surface area contributed by atoms with Gasteiger partial charge in [-0.1, -0.05) is 41.9 Å². The van der Waals surface area contributed by atoms with Gasteiger partial charge in [-0.25, -0.2) is 13.2 Å². The predicted molar refractivity (Wildman–Crippen MR) is 142 cm³/mol. The third-order valence-corrected chi connectivity index (χ3v) is 7.25. The number of esters is 1. The molecule has 0 bridgehead atoms. The smallest absolute Gasteiger partial charge is 0.338 e. The Hall–Kier alpha value is -4.13. The highest BCUT2D eigenvalue weighted by molar-refractivity contribution is 7.92. The van der Waals surface area contributed by atoms with Crippen LogP contribution in [0.4, 0.5) is 11.4 Å². The van der Waals surface area contributed by atoms with E-state index in [-0.39, 0.29) is 30.0 Å².